The fourth-order valence-corrected chi connectivity index (χ4v) is 2.14. The Bertz CT molecular complexity index is 779. The van der Waals surface area contributed by atoms with Gasteiger partial charge in [0.1, 0.15) is 11.5 Å². The Morgan fingerprint density at radius 2 is 2.04 bits per heavy atom. The predicted octanol–water partition coefficient (Wildman–Crippen LogP) is 5.09. The molecular weight excluding hydrogens is 321 g/mol. The second-order valence-corrected chi connectivity index (χ2v) is 4.97. The van der Waals surface area contributed by atoms with Crippen LogP contribution in [-0.4, -0.2) is 27.8 Å². The van der Waals surface area contributed by atoms with E-state index >= 15 is 0 Å². The minimum atomic E-state index is -0.579. The van der Waals surface area contributed by atoms with E-state index in [1.807, 2.05) is 47.9 Å². The number of nitrogens with zero attached hydrogens (tertiary/aromatic N) is 4. The number of aryl methyl sites for hydroxylation is 1. The van der Waals surface area contributed by atoms with Gasteiger partial charge in [-0.25, -0.2) is 4.98 Å². The van der Waals surface area contributed by atoms with Crippen LogP contribution in [0.2, 0.25) is 0 Å². The van der Waals surface area contributed by atoms with Crippen molar-refractivity contribution in [2.45, 2.75) is 34.6 Å². The zero-order chi connectivity index (χ0) is 19.0. The van der Waals surface area contributed by atoms with Gasteiger partial charge in [0.2, 0.25) is 11.8 Å². The third kappa shape index (κ3) is 5.14. The summed E-state index contributed by atoms with van der Waals surface area (Å²) in [5.74, 6) is 0.849. The Balaban J connectivity index is 0.00000151. The quantitative estimate of drug-likeness (QED) is 0.765. The van der Waals surface area contributed by atoms with Crippen molar-refractivity contribution < 1.29 is 8.81 Å². The molecule has 2 rings (SSSR count). The van der Waals surface area contributed by atoms with E-state index in [1.54, 1.807) is 23.0 Å². The monoisotopic (exact) mass is 347 g/mol. The van der Waals surface area contributed by atoms with Gasteiger partial charge in [0, 0.05) is 32.2 Å². The molecule has 0 bridgehead atoms. The van der Waals surface area contributed by atoms with Gasteiger partial charge in [0.25, 0.3) is 0 Å². The number of rotatable bonds is 5. The molecular formula is C18H26FN5O. The molecule has 2 aromatic heterocycles. The summed E-state index contributed by atoms with van der Waals surface area (Å²) >= 11 is 0. The molecule has 0 atom stereocenters. The molecule has 6 nitrogen and oxygen atoms in total. The highest BCUT2D eigenvalue weighted by Gasteiger charge is 2.13. The molecule has 0 saturated heterocycles. The number of hydrogen-bond acceptors (Lipinski definition) is 5. The van der Waals surface area contributed by atoms with E-state index < -0.39 is 5.97 Å². The summed E-state index contributed by atoms with van der Waals surface area (Å²) < 4.78 is 20.4. The summed E-state index contributed by atoms with van der Waals surface area (Å²) in [6, 6.07) is 0. The van der Waals surface area contributed by atoms with Crippen LogP contribution in [0.5, 0.6) is 0 Å². The Hall–Kier alpha value is -2.70. The van der Waals surface area contributed by atoms with Gasteiger partial charge in [-0.1, -0.05) is 19.9 Å². The van der Waals surface area contributed by atoms with Crippen molar-refractivity contribution in [3.05, 3.63) is 29.4 Å². The molecule has 2 heterocycles. The first-order valence-electron chi connectivity index (χ1n) is 8.19. The van der Waals surface area contributed by atoms with Gasteiger partial charge >= 0.3 is 0 Å². The molecule has 0 aromatic carbocycles. The predicted molar refractivity (Wildman–Crippen MR) is 103 cm³/mol. The number of halogens is 1. The minimum Gasteiger partial charge on any atom is -0.418 e. The summed E-state index contributed by atoms with van der Waals surface area (Å²) in [6.45, 7) is 8.98. The summed E-state index contributed by atoms with van der Waals surface area (Å²) in [4.78, 5) is 8.11. The van der Waals surface area contributed by atoms with Gasteiger partial charge in [-0.05, 0) is 26.0 Å². The molecule has 0 spiro atoms. The maximum atomic E-state index is 13.1. The molecule has 0 amide bonds. The Labute approximate surface area is 148 Å². The number of allylic oxidation sites excluding steroid dienone is 2. The molecule has 7 heteroatoms. The molecule has 0 aliphatic carbocycles. The lowest BCUT2D eigenvalue weighted by molar-refractivity contribution is 0.550. The highest BCUT2D eigenvalue weighted by molar-refractivity contribution is 5.82. The van der Waals surface area contributed by atoms with Crippen molar-refractivity contribution >= 4 is 35.4 Å². The van der Waals surface area contributed by atoms with Crippen LogP contribution in [0.15, 0.2) is 21.7 Å². The van der Waals surface area contributed by atoms with E-state index in [9.17, 15) is 4.39 Å². The molecule has 25 heavy (non-hydrogen) atoms. The van der Waals surface area contributed by atoms with Crippen molar-refractivity contribution in [1.29, 1.82) is 0 Å². The SMILES string of the molecule is C/C=C\c1nc(/C(C)=C/c2cnn(C)c2NC)oc1/N=C(\C)F.CC. The summed E-state index contributed by atoms with van der Waals surface area (Å²) in [6.07, 6.45) is 7.18. The van der Waals surface area contributed by atoms with Crippen molar-refractivity contribution in [1.82, 2.24) is 14.8 Å². The molecule has 136 valence electrons. The summed E-state index contributed by atoms with van der Waals surface area (Å²) in [5.41, 5.74) is 2.19. The summed E-state index contributed by atoms with van der Waals surface area (Å²) in [5, 5.41) is 7.29. The van der Waals surface area contributed by atoms with Crippen LogP contribution in [0.1, 0.15) is 51.8 Å². The van der Waals surface area contributed by atoms with Gasteiger partial charge in [-0.2, -0.15) is 14.5 Å². The molecule has 0 unspecified atom stereocenters. The van der Waals surface area contributed by atoms with Gasteiger partial charge in [-0.3, -0.25) is 4.68 Å². The van der Waals surface area contributed by atoms with Crippen LogP contribution < -0.4 is 5.32 Å². The zero-order valence-corrected chi connectivity index (χ0v) is 15.9. The average Bonchev–Trinajstić information content (AvgIpc) is 3.13. The standard InChI is InChI=1S/C16H20FN5O.C2H6/c1-6-7-13-16(20-11(3)17)23-15(21-13)10(2)8-12-9-19-22(5)14(12)18-4;1-2/h6-9,18H,1-5H3;1-2H3/b7-6-,10-8+,20-11+;. The minimum absolute atomic E-state index is 0.158. The second kappa shape index (κ2) is 9.56. The first-order chi connectivity index (χ1) is 12.0. The van der Waals surface area contributed by atoms with E-state index in [4.69, 9.17) is 4.42 Å². The number of nitrogens with one attached hydrogen (secondary N) is 1. The van der Waals surface area contributed by atoms with Crippen LogP contribution >= 0.6 is 0 Å². The number of anilines is 1. The van der Waals surface area contributed by atoms with E-state index in [2.05, 4.69) is 20.4 Å². The molecule has 0 radical (unpaired) electrons. The molecule has 1 N–H and O–H groups in total. The third-order valence-electron chi connectivity index (χ3n) is 3.13. The van der Waals surface area contributed by atoms with E-state index in [0.717, 1.165) is 17.0 Å². The van der Waals surface area contributed by atoms with E-state index in [-0.39, 0.29) is 5.88 Å². The van der Waals surface area contributed by atoms with Crippen LogP contribution in [0.4, 0.5) is 16.1 Å². The van der Waals surface area contributed by atoms with Crippen molar-refractivity contribution in [3.63, 3.8) is 0 Å². The highest BCUT2D eigenvalue weighted by Crippen LogP contribution is 2.28. The Kier molecular flexibility index (Phi) is 7.78. The average molecular weight is 347 g/mol. The molecule has 0 aliphatic rings. The molecule has 0 fully saturated rings. The van der Waals surface area contributed by atoms with Gasteiger partial charge in [0.15, 0.2) is 5.97 Å². The van der Waals surface area contributed by atoms with Crippen LogP contribution in [-0.2, 0) is 7.05 Å². The fourth-order valence-electron chi connectivity index (χ4n) is 2.14. The number of hydrogen-bond donors (Lipinski definition) is 1. The zero-order valence-electron chi connectivity index (χ0n) is 15.9. The van der Waals surface area contributed by atoms with Gasteiger partial charge in [-0.15, -0.1) is 0 Å². The third-order valence-corrected chi connectivity index (χ3v) is 3.13. The van der Waals surface area contributed by atoms with Crippen molar-refractivity contribution in [2.75, 3.05) is 12.4 Å². The smallest absolute Gasteiger partial charge is 0.249 e. The molecule has 0 aliphatic heterocycles. The number of oxazole rings is 1. The lowest BCUT2D eigenvalue weighted by Crippen LogP contribution is -1.99. The lowest BCUT2D eigenvalue weighted by Gasteiger charge is -2.02. The first kappa shape index (κ1) is 20.3. The molecule has 0 saturated carbocycles. The highest BCUT2D eigenvalue weighted by atomic mass is 19.1. The maximum Gasteiger partial charge on any atom is 0.249 e. The lowest BCUT2D eigenvalue weighted by atomic mass is 10.2. The first-order valence-corrected chi connectivity index (χ1v) is 8.19. The number of aromatic nitrogens is 3. The van der Waals surface area contributed by atoms with Crippen LogP contribution in [0, 0.1) is 0 Å². The fraction of sp³-hybridized carbons (Fsp3) is 0.389. The number of aliphatic imine (C=N–C) groups is 1. The Morgan fingerprint density at radius 1 is 1.36 bits per heavy atom. The van der Waals surface area contributed by atoms with Crippen molar-refractivity contribution in [3.8, 4) is 0 Å². The van der Waals surface area contributed by atoms with Crippen LogP contribution in [0.3, 0.4) is 0 Å². The van der Waals surface area contributed by atoms with E-state index in [1.165, 1.54) is 6.92 Å². The second-order valence-electron chi connectivity index (χ2n) is 4.97. The summed E-state index contributed by atoms with van der Waals surface area (Å²) in [7, 11) is 3.68. The van der Waals surface area contributed by atoms with Crippen LogP contribution in [0.25, 0.3) is 17.7 Å². The topological polar surface area (TPSA) is 68.2 Å². The van der Waals surface area contributed by atoms with Crippen molar-refractivity contribution in [2.24, 2.45) is 12.0 Å². The van der Waals surface area contributed by atoms with Gasteiger partial charge in [0.05, 0.1) is 6.20 Å². The van der Waals surface area contributed by atoms with Gasteiger partial charge < -0.3 is 9.73 Å². The van der Waals surface area contributed by atoms with E-state index in [0.29, 0.717) is 11.6 Å². The largest absolute Gasteiger partial charge is 0.418 e. The molecule has 2 aromatic rings. The normalized spacial score (nSPS) is 12.3. The Morgan fingerprint density at radius 3 is 2.60 bits per heavy atom. The maximum absolute atomic E-state index is 13.1.